The van der Waals surface area contributed by atoms with E-state index in [1.54, 1.807) is 27.0 Å². The Bertz CT molecular complexity index is 1370. The van der Waals surface area contributed by atoms with E-state index < -0.39 is 55.3 Å². The fraction of sp³-hybridized carbons (Fsp3) is 0.684. The second-order valence-electron chi connectivity index (χ2n) is 14.8. The van der Waals surface area contributed by atoms with E-state index in [9.17, 15) is 24.1 Å². The molecule has 3 amide bonds. The van der Waals surface area contributed by atoms with Crippen LogP contribution in [0.2, 0.25) is 0 Å². The quantitative estimate of drug-likeness (QED) is 0.0691. The molecule has 1 aromatic carbocycles. The molecule has 4 atom stereocenters. The molecule has 5 N–H and O–H groups in total. The van der Waals surface area contributed by atoms with Gasteiger partial charge in [-0.05, 0) is 51.5 Å². The van der Waals surface area contributed by atoms with Crippen LogP contribution in [0.25, 0.3) is 0 Å². The number of ether oxygens (including phenoxy) is 1. The van der Waals surface area contributed by atoms with E-state index in [2.05, 4.69) is 25.9 Å². The van der Waals surface area contributed by atoms with Crippen molar-refractivity contribution in [2.24, 2.45) is 5.92 Å². The van der Waals surface area contributed by atoms with Crippen molar-refractivity contribution < 1.29 is 37.8 Å². The Kier molecular flexibility index (Phi) is 18.3. The molecule has 1 aromatic heterocycles. The van der Waals surface area contributed by atoms with E-state index in [-0.39, 0.29) is 38.1 Å². The van der Waals surface area contributed by atoms with Crippen molar-refractivity contribution in [3.05, 3.63) is 54.1 Å². The molecule has 3 rings (SSSR count). The summed E-state index contributed by atoms with van der Waals surface area (Å²) in [6.07, 6.45) is 9.75. The van der Waals surface area contributed by atoms with Gasteiger partial charge in [-0.2, -0.15) is 0 Å². The van der Waals surface area contributed by atoms with Crippen LogP contribution in [0.15, 0.2) is 42.9 Å². The van der Waals surface area contributed by atoms with Gasteiger partial charge in [0.2, 0.25) is 11.8 Å². The maximum absolute atomic E-state index is 14.2. The van der Waals surface area contributed by atoms with Crippen LogP contribution in [-0.2, 0) is 40.8 Å². The molecule has 0 bridgehead atoms. The molecule has 13 nitrogen and oxygen atoms in total. The Morgan fingerprint density at radius 3 is 2.12 bits per heavy atom. The lowest BCUT2D eigenvalue weighted by Crippen LogP contribution is -2.58. The number of H-pyrrole nitrogens is 1. The molecule has 0 aliphatic heterocycles. The molecule has 14 heteroatoms. The molecule has 1 saturated carbocycles. The van der Waals surface area contributed by atoms with E-state index in [4.69, 9.17) is 13.8 Å². The number of imidazole rings is 1. The largest absolute Gasteiger partial charge is 0.444 e. The minimum Gasteiger partial charge on any atom is -0.444 e. The summed E-state index contributed by atoms with van der Waals surface area (Å²) >= 11 is 0. The lowest BCUT2D eigenvalue weighted by Gasteiger charge is -2.33. The van der Waals surface area contributed by atoms with E-state index in [0.717, 1.165) is 50.5 Å². The van der Waals surface area contributed by atoms with Gasteiger partial charge in [-0.25, -0.2) is 9.78 Å². The van der Waals surface area contributed by atoms with Crippen LogP contribution in [0.3, 0.4) is 0 Å². The highest BCUT2D eigenvalue weighted by atomic mass is 31.2. The Hall–Kier alpha value is -3.25. The van der Waals surface area contributed by atoms with Crippen molar-refractivity contribution in [2.75, 3.05) is 19.4 Å². The van der Waals surface area contributed by atoms with Crippen molar-refractivity contribution in [3.8, 4) is 0 Å². The second kappa shape index (κ2) is 22.1. The molecule has 1 heterocycles. The fourth-order valence-corrected chi connectivity index (χ4v) is 7.99. The number of rotatable bonds is 22. The smallest absolute Gasteiger partial charge is 0.408 e. The molecule has 1 fully saturated rings. The van der Waals surface area contributed by atoms with Crippen LogP contribution in [0.4, 0.5) is 4.79 Å². The number of aliphatic hydroxyl groups excluding tert-OH is 1. The molecule has 1 aliphatic rings. The predicted molar refractivity (Wildman–Crippen MR) is 201 cm³/mol. The number of aromatic amines is 1. The van der Waals surface area contributed by atoms with E-state index in [0.29, 0.717) is 25.0 Å². The number of nitrogens with zero attached hydrogens (tertiary/aromatic N) is 1. The number of aliphatic hydroxyl groups is 1. The van der Waals surface area contributed by atoms with Crippen molar-refractivity contribution >= 4 is 25.5 Å². The summed E-state index contributed by atoms with van der Waals surface area (Å²) in [5.41, 5.74) is 0.611. The monoisotopic (exact) mass is 747 g/mol. The van der Waals surface area contributed by atoms with E-state index in [1.165, 1.54) is 6.33 Å². The maximum Gasteiger partial charge on any atom is 0.408 e. The summed E-state index contributed by atoms with van der Waals surface area (Å²) in [6.45, 7) is 9.69. The highest BCUT2D eigenvalue weighted by molar-refractivity contribution is 7.53. The van der Waals surface area contributed by atoms with Gasteiger partial charge in [0.15, 0.2) is 0 Å². The van der Waals surface area contributed by atoms with Crippen LogP contribution in [0, 0.1) is 5.92 Å². The average molecular weight is 748 g/mol. The summed E-state index contributed by atoms with van der Waals surface area (Å²) in [5.74, 6) is -0.867. The molecule has 2 aromatic rings. The Labute approximate surface area is 309 Å². The first-order chi connectivity index (χ1) is 24.8. The van der Waals surface area contributed by atoms with Gasteiger partial charge in [0.05, 0.1) is 37.8 Å². The lowest BCUT2D eigenvalue weighted by atomic mass is 9.83. The molecular weight excluding hydrogens is 685 g/mol. The van der Waals surface area contributed by atoms with Gasteiger partial charge in [0, 0.05) is 24.7 Å². The van der Waals surface area contributed by atoms with E-state index >= 15 is 0 Å². The molecular formula is C38H62N5O8P. The Morgan fingerprint density at radius 2 is 1.54 bits per heavy atom. The molecule has 0 radical (unpaired) electrons. The Morgan fingerprint density at radius 1 is 0.923 bits per heavy atom. The number of amides is 3. The molecule has 0 saturated heterocycles. The zero-order chi connectivity index (χ0) is 38.0. The Balaban J connectivity index is 1.87. The minimum absolute atomic E-state index is 0.0626. The number of carbonyl (C=O) groups excluding carboxylic acids is 3. The number of nitrogens with one attached hydrogen (secondary N) is 4. The number of hydrogen-bond acceptors (Lipinski definition) is 9. The van der Waals surface area contributed by atoms with Crippen molar-refractivity contribution in [2.45, 2.75) is 141 Å². The minimum atomic E-state index is -3.69. The van der Waals surface area contributed by atoms with Crippen LogP contribution < -0.4 is 16.0 Å². The summed E-state index contributed by atoms with van der Waals surface area (Å²) in [6, 6.07) is 6.27. The zero-order valence-corrected chi connectivity index (χ0v) is 32.6. The van der Waals surface area contributed by atoms with Gasteiger partial charge in [0.1, 0.15) is 17.7 Å². The fourth-order valence-electron chi connectivity index (χ4n) is 6.18. The van der Waals surface area contributed by atoms with Crippen LogP contribution in [-0.4, -0.2) is 82.2 Å². The number of hydrogen-bond donors (Lipinski definition) is 5. The molecule has 52 heavy (non-hydrogen) atoms. The molecule has 292 valence electrons. The standard InChI is InChI=1S/C38H62N5O8P/c1-6-8-20-49-52(48,50-21-9-7-2)26-34(44)31(22-28-16-12-10-13-17-28)41-36(46)33(24-30-25-39-27-40-30)42-35(45)32(23-29-18-14-11-15-19-29)43-37(47)51-38(3,4)5/h11,14-15,18-19,25,27-28,31-34,44H,6-10,12-13,16-17,20-24,26H2,1-5H3,(H,39,40)(H,41,46)(H,42,45)(H,43,47)/t31-,32-,33-,34+/m0/s1. The van der Waals surface area contributed by atoms with Gasteiger partial charge in [-0.3, -0.25) is 14.2 Å². The molecule has 1 aliphatic carbocycles. The molecule has 0 unspecified atom stereocenters. The second-order valence-corrected chi connectivity index (χ2v) is 16.9. The highest BCUT2D eigenvalue weighted by Gasteiger charge is 2.36. The number of unbranched alkanes of at least 4 members (excludes halogenated alkanes) is 2. The maximum atomic E-state index is 14.2. The first-order valence-corrected chi connectivity index (χ1v) is 20.7. The average Bonchev–Trinajstić information content (AvgIpc) is 3.61. The number of benzene rings is 1. The van der Waals surface area contributed by atoms with Gasteiger partial charge >= 0.3 is 13.7 Å². The van der Waals surface area contributed by atoms with Crippen LogP contribution >= 0.6 is 7.60 Å². The van der Waals surface area contributed by atoms with Crippen molar-refractivity contribution in [3.63, 3.8) is 0 Å². The first-order valence-electron chi connectivity index (χ1n) is 19.0. The molecule has 0 spiro atoms. The summed E-state index contributed by atoms with van der Waals surface area (Å²) < 4.78 is 30.9. The number of carbonyl (C=O) groups is 3. The highest BCUT2D eigenvalue weighted by Crippen LogP contribution is 2.49. The zero-order valence-electron chi connectivity index (χ0n) is 31.7. The SMILES string of the molecule is CCCCOP(=O)(C[C@@H](O)[C@H](CC1CCCCC1)NC(=O)[C@H](Cc1cnc[nH]1)NC(=O)[C@H](Cc1ccccc1)NC(=O)OC(C)(C)C)OCCCC. The van der Waals surface area contributed by atoms with Gasteiger partial charge < -0.3 is 39.8 Å². The predicted octanol–water partition coefficient (Wildman–Crippen LogP) is 6.22. The third-order valence-electron chi connectivity index (χ3n) is 8.99. The summed E-state index contributed by atoms with van der Waals surface area (Å²) in [7, 11) is -3.69. The van der Waals surface area contributed by atoms with Crippen LogP contribution in [0.5, 0.6) is 0 Å². The van der Waals surface area contributed by atoms with Gasteiger partial charge in [-0.15, -0.1) is 0 Å². The third kappa shape index (κ3) is 16.2. The van der Waals surface area contributed by atoms with Crippen molar-refractivity contribution in [1.29, 1.82) is 0 Å². The number of aromatic nitrogens is 2. The van der Waals surface area contributed by atoms with E-state index in [1.807, 2.05) is 44.2 Å². The number of alkyl carbamates (subject to hydrolysis) is 1. The lowest BCUT2D eigenvalue weighted by molar-refractivity contribution is -0.130. The topological polar surface area (TPSA) is 181 Å². The van der Waals surface area contributed by atoms with Crippen LogP contribution in [0.1, 0.15) is 110 Å². The summed E-state index contributed by atoms with van der Waals surface area (Å²) in [5, 5.41) is 20.2. The van der Waals surface area contributed by atoms with Gasteiger partial charge in [-0.1, -0.05) is 89.1 Å². The summed E-state index contributed by atoms with van der Waals surface area (Å²) in [4.78, 5) is 48.1. The van der Waals surface area contributed by atoms with Gasteiger partial charge in [0.25, 0.3) is 0 Å². The first kappa shape index (κ1) is 43.2. The normalized spacial score (nSPS) is 16.3. The van der Waals surface area contributed by atoms with Crippen molar-refractivity contribution in [1.82, 2.24) is 25.9 Å². The third-order valence-corrected chi connectivity index (χ3v) is 11.0.